The van der Waals surface area contributed by atoms with Gasteiger partial charge < -0.3 is 9.55 Å². The van der Waals surface area contributed by atoms with Crippen LogP contribution in [-0.4, -0.2) is 44.7 Å². The van der Waals surface area contributed by atoms with E-state index in [0.29, 0.717) is 5.69 Å². The summed E-state index contributed by atoms with van der Waals surface area (Å²) < 4.78 is 1.97. The smallest absolute Gasteiger partial charge is 0.135 e. The molecule has 0 saturated carbocycles. The maximum Gasteiger partial charge on any atom is 0.135 e. The summed E-state index contributed by atoms with van der Waals surface area (Å²) >= 11 is 0. The summed E-state index contributed by atoms with van der Waals surface area (Å²) in [5.74, 6) is 0. The van der Waals surface area contributed by atoms with Crippen LogP contribution < -0.4 is 0 Å². The zero-order chi connectivity index (χ0) is 20.1. The van der Waals surface area contributed by atoms with Gasteiger partial charge in [0.1, 0.15) is 16.9 Å². The van der Waals surface area contributed by atoms with Gasteiger partial charge in [0.2, 0.25) is 0 Å². The first kappa shape index (κ1) is 16.5. The molecular weight excluding hydrogens is 378 g/mol. The number of nitrogens with zero attached hydrogens (tertiary/aromatic N) is 7. The lowest BCUT2D eigenvalue weighted by molar-refractivity contribution is 1.05. The second-order valence-electron chi connectivity index (χ2n) is 6.98. The number of aromatic nitrogens is 9. The first-order valence-corrected chi connectivity index (χ1v) is 9.36. The van der Waals surface area contributed by atoms with Crippen molar-refractivity contribution in [2.75, 3.05) is 0 Å². The molecule has 0 aliphatic carbocycles. The van der Waals surface area contributed by atoms with Crippen LogP contribution in [0.5, 0.6) is 0 Å². The maximum absolute atomic E-state index is 4.79. The molecule has 6 heterocycles. The Bertz CT molecular complexity index is 1510. The second kappa shape index (κ2) is 6.31. The van der Waals surface area contributed by atoms with Gasteiger partial charge in [-0.25, -0.2) is 9.97 Å². The highest BCUT2D eigenvalue weighted by Gasteiger charge is 2.16. The molecule has 0 unspecified atom stereocenters. The molecule has 144 valence electrons. The van der Waals surface area contributed by atoms with Gasteiger partial charge in [-0.05, 0) is 25.1 Å². The number of hydrogen-bond acceptors (Lipinski definition) is 6. The average molecular weight is 393 g/mol. The van der Waals surface area contributed by atoms with E-state index >= 15 is 0 Å². The first-order valence-electron chi connectivity index (χ1n) is 9.36. The van der Waals surface area contributed by atoms with E-state index in [4.69, 9.17) is 4.98 Å². The van der Waals surface area contributed by atoms with Crippen LogP contribution in [0.3, 0.4) is 0 Å². The molecule has 30 heavy (non-hydrogen) atoms. The summed E-state index contributed by atoms with van der Waals surface area (Å²) in [5, 5.41) is 8.59. The fraction of sp³-hybridized carbons (Fsp3) is 0.0476. The SMILES string of the molecule is Cc1cn(-c2cncc3[nH]c(-c4n[nH]c5ccc(-c6cnccn6)nc45)cc23)cn1. The van der Waals surface area contributed by atoms with E-state index in [0.717, 1.165) is 50.4 Å². The third kappa shape index (κ3) is 2.56. The fourth-order valence-corrected chi connectivity index (χ4v) is 3.58. The highest BCUT2D eigenvalue weighted by Crippen LogP contribution is 2.31. The lowest BCUT2D eigenvalue weighted by Gasteiger charge is -2.02. The van der Waals surface area contributed by atoms with Gasteiger partial charge in [0.15, 0.2) is 0 Å². The number of imidazole rings is 1. The molecule has 0 aliphatic heterocycles. The second-order valence-corrected chi connectivity index (χ2v) is 6.98. The van der Waals surface area contributed by atoms with Gasteiger partial charge in [-0.3, -0.25) is 20.1 Å². The summed E-state index contributed by atoms with van der Waals surface area (Å²) in [4.78, 5) is 25.4. The zero-order valence-electron chi connectivity index (χ0n) is 15.9. The van der Waals surface area contributed by atoms with E-state index in [9.17, 15) is 0 Å². The molecule has 6 rings (SSSR count). The number of hydrogen-bond donors (Lipinski definition) is 2. The molecule has 0 radical (unpaired) electrons. The first-order chi connectivity index (χ1) is 14.8. The number of H-pyrrole nitrogens is 2. The van der Waals surface area contributed by atoms with Crippen LogP contribution in [-0.2, 0) is 0 Å². The van der Waals surface area contributed by atoms with Crippen LogP contribution >= 0.6 is 0 Å². The summed E-state index contributed by atoms with van der Waals surface area (Å²) in [6.45, 7) is 1.96. The molecular formula is C21H15N9. The fourth-order valence-electron chi connectivity index (χ4n) is 3.58. The molecule has 9 heteroatoms. The number of rotatable bonds is 3. The Labute approximate surface area is 169 Å². The van der Waals surface area contributed by atoms with E-state index in [-0.39, 0.29) is 0 Å². The van der Waals surface area contributed by atoms with E-state index in [1.165, 1.54) is 0 Å². The summed E-state index contributed by atoms with van der Waals surface area (Å²) in [6, 6.07) is 5.92. The summed E-state index contributed by atoms with van der Waals surface area (Å²) in [7, 11) is 0. The van der Waals surface area contributed by atoms with Crippen LogP contribution in [0.25, 0.3) is 50.4 Å². The van der Waals surface area contributed by atoms with Crippen LogP contribution in [0.4, 0.5) is 0 Å². The number of pyridine rings is 2. The predicted octanol–water partition coefficient (Wildman–Crippen LogP) is 3.45. The number of aromatic amines is 2. The number of aryl methyl sites for hydroxylation is 1. The highest BCUT2D eigenvalue weighted by atomic mass is 15.1. The minimum Gasteiger partial charge on any atom is -0.352 e. The van der Waals surface area contributed by atoms with Gasteiger partial charge in [0.25, 0.3) is 0 Å². The van der Waals surface area contributed by atoms with Gasteiger partial charge in [0.05, 0.1) is 58.7 Å². The van der Waals surface area contributed by atoms with Crippen molar-refractivity contribution < 1.29 is 0 Å². The Kier molecular flexibility index (Phi) is 3.48. The minimum atomic E-state index is 0.713. The molecule has 0 aliphatic rings. The van der Waals surface area contributed by atoms with Gasteiger partial charge in [0, 0.05) is 24.0 Å². The van der Waals surface area contributed by atoms with Crippen molar-refractivity contribution >= 4 is 21.9 Å². The topological polar surface area (TPSA) is 114 Å². The molecule has 0 spiro atoms. The normalized spacial score (nSPS) is 11.5. The quantitative estimate of drug-likeness (QED) is 0.476. The maximum atomic E-state index is 4.79. The van der Waals surface area contributed by atoms with Crippen molar-refractivity contribution in [2.45, 2.75) is 6.92 Å². The molecule has 6 aromatic heterocycles. The van der Waals surface area contributed by atoms with Crippen molar-refractivity contribution in [2.24, 2.45) is 0 Å². The van der Waals surface area contributed by atoms with E-state index in [2.05, 4.69) is 41.2 Å². The molecule has 2 N–H and O–H groups in total. The summed E-state index contributed by atoms with van der Waals surface area (Å²) in [5.41, 5.74) is 7.46. The van der Waals surface area contributed by atoms with Crippen molar-refractivity contribution in [3.63, 3.8) is 0 Å². The Morgan fingerprint density at radius 2 is 1.90 bits per heavy atom. The molecule has 0 bridgehead atoms. The lowest BCUT2D eigenvalue weighted by Crippen LogP contribution is -1.91. The van der Waals surface area contributed by atoms with E-state index in [1.54, 1.807) is 31.1 Å². The Balaban J connectivity index is 1.52. The van der Waals surface area contributed by atoms with Crippen LogP contribution in [0.2, 0.25) is 0 Å². The predicted molar refractivity (Wildman–Crippen MR) is 112 cm³/mol. The van der Waals surface area contributed by atoms with Crippen LogP contribution in [0.15, 0.2) is 61.7 Å². The van der Waals surface area contributed by atoms with Gasteiger partial charge in [-0.1, -0.05) is 0 Å². The molecule has 9 nitrogen and oxygen atoms in total. The van der Waals surface area contributed by atoms with E-state index < -0.39 is 0 Å². The lowest BCUT2D eigenvalue weighted by atomic mass is 10.2. The zero-order valence-corrected chi connectivity index (χ0v) is 15.9. The molecule has 0 aromatic carbocycles. The molecule has 0 fully saturated rings. The monoisotopic (exact) mass is 393 g/mol. The Hall–Kier alpha value is -4.40. The molecule has 0 saturated heterocycles. The third-order valence-electron chi connectivity index (χ3n) is 5.00. The van der Waals surface area contributed by atoms with Gasteiger partial charge >= 0.3 is 0 Å². The molecule has 0 amide bonds. The third-order valence-corrected chi connectivity index (χ3v) is 5.00. The van der Waals surface area contributed by atoms with Crippen molar-refractivity contribution in [3.05, 3.63) is 67.4 Å². The highest BCUT2D eigenvalue weighted by molar-refractivity contribution is 5.96. The molecule has 6 aromatic rings. The van der Waals surface area contributed by atoms with Gasteiger partial charge in [-0.15, -0.1) is 0 Å². The number of fused-ring (bicyclic) bond motifs is 2. The Morgan fingerprint density at radius 1 is 0.933 bits per heavy atom. The van der Waals surface area contributed by atoms with Crippen molar-refractivity contribution in [1.82, 2.24) is 44.7 Å². The van der Waals surface area contributed by atoms with Crippen LogP contribution in [0, 0.1) is 6.92 Å². The standard InChI is InChI=1S/C21H15N9/c1-12-10-30(11-25-12)19-9-23-7-17-13(19)6-16(26-17)21-20-15(28-29-21)3-2-14(27-20)18-8-22-4-5-24-18/h2-11,26H,1H3,(H,28,29). The largest absolute Gasteiger partial charge is 0.352 e. The molecule has 0 atom stereocenters. The minimum absolute atomic E-state index is 0.713. The van der Waals surface area contributed by atoms with Crippen molar-refractivity contribution in [1.29, 1.82) is 0 Å². The van der Waals surface area contributed by atoms with Crippen molar-refractivity contribution in [3.8, 4) is 28.5 Å². The van der Waals surface area contributed by atoms with E-state index in [1.807, 2.05) is 36.0 Å². The Morgan fingerprint density at radius 3 is 2.73 bits per heavy atom. The summed E-state index contributed by atoms with van der Waals surface area (Å²) in [6.07, 6.45) is 12.4. The van der Waals surface area contributed by atoms with Gasteiger partial charge in [-0.2, -0.15) is 5.10 Å². The number of nitrogens with one attached hydrogen (secondary N) is 2. The average Bonchev–Trinajstić information content (AvgIpc) is 3.51. The van der Waals surface area contributed by atoms with Crippen LogP contribution in [0.1, 0.15) is 5.69 Å².